The first-order valence-corrected chi connectivity index (χ1v) is 10.1. The van der Waals surface area contributed by atoms with Crippen molar-refractivity contribution in [3.63, 3.8) is 0 Å². The Balaban J connectivity index is 2.32. The maximum absolute atomic E-state index is 13.9. The molecule has 5 nitrogen and oxygen atoms in total. The lowest BCUT2D eigenvalue weighted by Gasteiger charge is -2.42. The van der Waals surface area contributed by atoms with E-state index in [-0.39, 0.29) is 22.6 Å². The molecule has 1 N–H and O–H groups in total. The van der Waals surface area contributed by atoms with Gasteiger partial charge >= 0.3 is 16.4 Å². The highest BCUT2D eigenvalue weighted by Gasteiger charge is 2.80. The van der Waals surface area contributed by atoms with Crippen LogP contribution in [0.3, 0.4) is 0 Å². The van der Waals surface area contributed by atoms with Crippen LogP contribution in [-0.2, 0) is 21.1 Å². The number of nitrogens with zero attached hydrogens (tertiary/aromatic N) is 1. The van der Waals surface area contributed by atoms with E-state index in [1.54, 1.807) is 0 Å². The molecule has 2 aliphatic rings. The number of hydrogen-bond acceptors (Lipinski definition) is 3. The molecule has 2 rings (SSSR count). The number of piperidine rings is 1. The Morgan fingerprint density at radius 1 is 0.960 bits per heavy atom. The predicted octanol–water partition coefficient (Wildman–Crippen LogP) is 2.87. The average molecular weight is 417 g/mol. The first-order chi connectivity index (χ1) is 11.3. The molecule has 0 amide bonds. The Labute approximate surface area is 143 Å². The van der Waals surface area contributed by atoms with Gasteiger partial charge in [0.1, 0.15) is 0 Å². The number of sulfonamides is 1. The average Bonchev–Trinajstić information content (AvgIpc) is 2.53. The number of fused-ring (bicyclic) bond motifs is 1. The molecule has 1 aliphatic carbocycles. The molecule has 148 valence electrons. The molecule has 0 bridgehead atoms. The summed E-state index contributed by atoms with van der Waals surface area (Å²) in [6, 6.07) is 0. The summed E-state index contributed by atoms with van der Waals surface area (Å²) in [5.74, 6) is -6.77. The Bertz CT molecular complexity index is 642. The number of rotatable bonds is 5. The maximum Gasteiger partial charge on any atom is 0.428 e. The molecule has 0 aromatic carbocycles. The van der Waals surface area contributed by atoms with Crippen LogP contribution in [0.5, 0.6) is 0 Å². The summed E-state index contributed by atoms with van der Waals surface area (Å²) in [7, 11) is -6.16. The monoisotopic (exact) mass is 417 g/mol. The molecule has 25 heavy (non-hydrogen) atoms. The summed E-state index contributed by atoms with van der Waals surface area (Å²) in [5, 5.41) is -12.4. The van der Waals surface area contributed by atoms with Crippen LogP contribution >= 0.6 is 0 Å². The van der Waals surface area contributed by atoms with Gasteiger partial charge in [0, 0.05) is 13.1 Å². The fourth-order valence-corrected chi connectivity index (χ4v) is 5.31. The minimum Gasteiger partial charge on any atom is -0.301 e. The lowest BCUT2D eigenvalue weighted by Crippen LogP contribution is -2.63. The molecular formula is C12H17F6NO4S2. The lowest BCUT2D eigenvalue weighted by molar-refractivity contribution is -0.245. The Hall–Kier alpha value is -0.400. The topological polar surface area (TPSA) is 74.7 Å². The van der Waals surface area contributed by atoms with Crippen molar-refractivity contribution in [3.05, 3.63) is 0 Å². The van der Waals surface area contributed by atoms with Gasteiger partial charge < -0.3 is 4.55 Å². The molecule has 0 aromatic heterocycles. The molecule has 3 unspecified atom stereocenters. The van der Waals surface area contributed by atoms with Crippen LogP contribution in [0.4, 0.5) is 26.3 Å². The summed E-state index contributed by atoms with van der Waals surface area (Å²) in [4.78, 5) is 0. The third kappa shape index (κ3) is 3.21. The number of alkyl halides is 6. The van der Waals surface area contributed by atoms with Gasteiger partial charge in [-0.25, -0.2) is 12.6 Å². The standard InChI is InChI=1S/C12H17F6NO4S2/c13-10(14,11(15,16)24(20)21)12(17,18)25(22,23)19-6-5-8-3-1-2-4-9(8)7-19/h8-9H,1-7H2,(H,20,21). The Morgan fingerprint density at radius 2 is 1.48 bits per heavy atom. The van der Waals surface area contributed by atoms with E-state index in [1.807, 2.05) is 0 Å². The smallest absolute Gasteiger partial charge is 0.301 e. The van der Waals surface area contributed by atoms with E-state index >= 15 is 0 Å². The summed E-state index contributed by atoms with van der Waals surface area (Å²) in [6.07, 6.45) is 3.12. The third-order valence-electron chi connectivity index (χ3n) is 4.87. The highest BCUT2D eigenvalue weighted by Crippen LogP contribution is 2.51. The quantitative estimate of drug-likeness (QED) is 0.552. The molecule has 2 fully saturated rings. The summed E-state index contributed by atoms with van der Waals surface area (Å²) < 4.78 is 124. The van der Waals surface area contributed by atoms with Crippen molar-refractivity contribution in [1.29, 1.82) is 0 Å². The van der Waals surface area contributed by atoms with Crippen molar-refractivity contribution in [1.82, 2.24) is 4.31 Å². The molecule has 1 saturated heterocycles. The van der Waals surface area contributed by atoms with E-state index in [0.29, 0.717) is 6.42 Å². The van der Waals surface area contributed by atoms with Gasteiger partial charge in [0.15, 0.2) is 0 Å². The molecule has 0 spiro atoms. The first-order valence-electron chi connectivity index (χ1n) is 7.51. The molecule has 3 atom stereocenters. The SMILES string of the molecule is O=S(O)C(F)(F)C(F)(F)C(F)(F)S(=O)(=O)N1CCC2CCCCC2C1. The lowest BCUT2D eigenvalue weighted by atomic mass is 9.76. The van der Waals surface area contributed by atoms with Gasteiger partial charge in [-0.2, -0.15) is 30.6 Å². The van der Waals surface area contributed by atoms with E-state index in [0.717, 1.165) is 19.3 Å². The fraction of sp³-hybridized carbons (Fsp3) is 1.00. The van der Waals surface area contributed by atoms with Crippen molar-refractivity contribution in [2.24, 2.45) is 11.8 Å². The normalized spacial score (nSPS) is 28.4. The third-order valence-corrected chi connectivity index (χ3v) is 7.48. The zero-order valence-corrected chi connectivity index (χ0v) is 14.4. The second-order valence-electron chi connectivity index (χ2n) is 6.31. The largest absolute Gasteiger partial charge is 0.428 e. The van der Waals surface area contributed by atoms with Gasteiger partial charge in [-0.1, -0.05) is 19.3 Å². The van der Waals surface area contributed by atoms with Crippen molar-refractivity contribution in [2.45, 2.75) is 48.5 Å². The van der Waals surface area contributed by atoms with Gasteiger partial charge in [-0.05, 0) is 24.7 Å². The fourth-order valence-electron chi connectivity index (χ4n) is 3.39. The van der Waals surface area contributed by atoms with Gasteiger partial charge in [0.05, 0.1) is 0 Å². The molecule has 1 saturated carbocycles. The molecule has 0 radical (unpaired) electrons. The first kappa shape index (κ1) is 20.9. The Kier molecular flexibility index (Phi) is 5.55. The van der Waals surface area contributed by atoms with Gasteiger partial charge in [-0.15, -0.1) is 0 Å². The number of halogens is 6. The molecular weight excluding hydrogens is 400 g/mol. The van der Waals surface area contributed by atoms with Crippen LogP contribution in [0.15, 0.2) is 0 Å². The van der Waals surface area contributed by atoms with Gasteiger partial charge in [-0.3, -0.25) is 0 Å². The highest BCUT2D eigenvalue weighted by atomic mass is 32.2. The van der Waals surface area contributed by atoms with Crippen LogP contribution in [0, 0.1) is 11.8 Å². The van der Waals surface area contributed by atoms with Crippen LogP contribution in [0.1, 0.15) is 32.1 Å². The molecule has 0 aromatic rings. The second-order valence-corrected chi connectivity index (χ2v) is 9.30. The van der Waals surface area contributed by atoms with E-state index in [1.165, 1.54) is 0 Å². The Morgan fingerprint density at radius 3 is 2.00 bits per heavy atom. The minimum absolute atomic E-state index is 0.0840. The van der Waals surface area contributed by atoms with Gasteiger partial charge in [0.2, 0.25) is 11.1 Å². The van der Waals surface area contributed by atoms with Gasteiger partial charge in [0.25, 0.3) is 10.0 Å². The molecule has 1 aliphatic heterocycles. The zero-order valence-electron chi connectivity index (χ0n) is 12.8. The summed E-state index contributed by atoms with van der Waals surface area (Å²) in [5.41, 5.74) is 0. The van der Waals surface area contributed by atoms with E-state index in [4.69, 9.17) is 4.55 Å². The maximum atomic E-state index is 13.9. The van der Waals surface area contributed by atoms with Crippen molar-refractivity contribution < 1.29 is 43.5 Å². The zero-order chi connectivity index (χ0) is 19.3. The van der Waals surface area contributed by atoms with E-state index in [9.17, 15) is 39.0 Å². The predicted molar refractivity (Wildman–Crippen MR) is 76.2 cm³/mol. The van der Waals surface area contributed by atoms with Crippen LogP contribution in [-0.4, -0.2) is 51.0 Å². The van der Waals surface area contributed by atoms with Crippen LogP contribution in [0.2, 0.25) is 0 Å². The van der Waals surface area contributed by atoms with Crippen molar-refractivity contribution in [2.75, 3.05) is 13.1 Å². The van der Waals surface area contributed by atoms with Crippen LogP contribution in [0.25, 0.3) is 0 Å². The summed E-state index contributed by atoms with van der Waals surface area (Å²) in [6.45, 7) is -0.935. The van der Waals surface area contributed by atoms with Crippen molar-refractivity contribution in [3.8, 4) is 0 Å². The minimum atomic E-state index is -6.55. The number of hydrogen-bond donors (Lipinski definition) is 1. The highest BCUT2D eigenvalue weighted by molar-refractivity contribution is 7.90. The van der Waals surface area contributed by atoms with E-state index in [2.05, 4.69) is 0 Å². The molecule has 1 heterocycles. The summed E-state index contributed by atoms with van der Waals surface area (Å²) >= 11 is -4.68. The molecule has 13 heteroatoms. The van der Waals surface area contributed by atoms with Crippen molar-refractivity contribution >= 4 is 21.1 Å². The van der Waals surface area contributed by atoms with E-state index < -0.39 is 50.6 Å². The van der Waals surface area contributed by atoms with Crippen LogP contribution < -0.4 is 0 Å². The second kappa shape index (κ2) is 6.64.